The SMILES string of the molecule is O=C(NC(=S)Nc1ccc(N2CCCCC2)cc1)C1CCCCC1. The number of carbonyl (C=O) groups is 1. The molecule has 2 fully saturated rings. The summed E-state index contributed by atoms with van der Waals surface area (Å²) in [5.41, 5.74) is 2.18. The predicted octanol–water partition coefficient (Wildman–Crippen LogP) is 4.07. The number of amides is 1. The molecule has 3 rings (SSSR count). The van der Waals surface area contributed by atoms with Crippen molar-refractivity contribution in [2.24, 2.45) is 5.92 Å². The first-order valence-corrected chi connectivity index (χ1v) is 9.60. The molecule has 1 aromatic carbocycles. The quantitative estimate of drug-likeness (QED) is 0.811. The second-order valence-electron chi connectivity index (χ2n) is 6.87. The van der Waals surface area contributed by atoms with Crippen molar-refractivity contribution >= 4 is 34.6 Å². The van der Waals surface area contributed by atoms with Crippen molar-refractivity contribution in [3.05, 3.63) is 24.3 Å². The lowest BCUT2D eigenvalue weighted by Gasteiger charge is -2.29. The molecule has 2 N–H and O–H groups in total. The fraction of sp³-hybridized carbons (Fsp3) is 0.579. The van der Waals surface area contributed by atoms with E-state index < -0.39 is 0 Å². The number of hydrogen-bond acceptors (Lipinski definition) is 3. The van der Waals surface area contributed by atoms with Crippen molar-refractivity contribution in [3.63, 3.8) is 0 Å². The van der Waals surface area contributed by atoms with Crippen molar-refractivity contribution in [1.82, 2.24) is 5.32 Å². The molecule has 2 aliphatic rings. The van der Waals surface area contributed by atoms with Crippen LogP contribution in [0.3, 0.4) is 0 Å². The third kappa shape index (κ3) is 4.69. The van der Waals surface area contributed by atoms with E-state index in [1.807, 2.05) is 12.1 Å². The first-order chi connectivity index (χ1) is 11.7. The monoisotopic (exact) mass is 345 g/mol. The van der Waals surface area contributed by atoms with Gasteiger partial charge in [-0.3, -0.25) is 4.79 Å². The Morgan fingerprint density at radius 3 is 2.25 bits per heavy atom. The number of anilines is 2. The third-order valence-electron chi connectivity index (χ3n) is 5.06. The molecule has 0 atom stereocenters. The molecule has 1 aliphatic carbocycles. The van der Waals surface area contributed by atoms with Gasteiger partial charge in [-0.1, -0.05) is 19.3 Å². The van der Waals surface area contributed by atoms with Gasteiger partial charge >= 0.3 is 0 Å². The number of benzene rings is 1. The van der Waals surface area contributed by atoms with Gasteiger partial charge in [0.2, 0.25) is 5.91 Å². The van der Waals surface area contributed by atoms with E-state index >= 15 is 0 Å². The Bertz CT molecular complexity index is 560. The van der Waals surface area contributed by atoms with Gasteiger partial charge in [0.1, 0.15) is 0 Å². The lowest BCUT2D eigenvalue weighted by Crippen LogP contribution is -2.39. The van der Waals surface area contributed by atoms with Crippen LogP contribution in [0.25, 0.3) is 0 Å². The lowest BCUT2D eigenvalue weighted by atomic mass is 9.89. The molecule has 24 heavy (non-hydrogen) atoms. The van der Waals surface area contributed by atoms with Gasteiger partial charge in [-0.2, -0.15) is 0 Å². The molecule has 4 nitrogen and oxygen atoms in total. The van der Waals surface area contributed by atoms with Gasteiger partial charge in [0.25, 0.3) is 0 Å². The zero-order valence-corrected chi connectivity index (χ0v) is 15.0. The topological polar surface area (TPSA) is 44.4 Å². The minimum absolute atomic E-state index is 0.0668. The van der Waals surface area contributed by atoms with E-state index in [2.05, 4.69) is 27.7 Å². The second-order valence-corrected chi connectivity index (χ2v) is 7.28. The number of piperidine rings is 1. The van der Waals surface area contributed by atoms with Gasteiger partial charge in [-0.25, -0.2) is 0 Å². The Kier molecular flexibility index (Phi) is 6.07. The van der Waals surface area contributed by atoms with Crippen LogP contribution in [-0.4, -0.2) is 24.1 Å². The van der Waals surface area contributed by atoms with Crippen LogP contribution in [0.1, 0.15) is 51.4 Å². The minimum atomic E-state index is 0.0668. The van der Waals surface area contributed by atoms with Crippen molar-refractivity contribution in [3.8, 4) is 0 Å². The Balaban J connectivity index is 1.49. The summed E-state index contributed by atoms with van der Waals surface area (Å²) in [5, 5.41) is 6.37. The molecule has 1 saturated heterocycles. The van der Waals surface area contributed by atoms with E-state index in [4.69, 9.17) is 12.2 Å². The molecular formula is C19H27N3OS. The first kappa shape index (κ1) is 17.2. The Labute approximate surface area is 150 Å². The zero-order chi connectivity index (χ0) is 16.8. The van der Waals surface area contributed by atoms with Crippen molar-refractivity contribution in [2.45, 2.75) is 51.4 Å². The Hall–Kier alpha value is -1.62. The van der Waals surface area contributed by atoms with Gasteiger partial charge in [0, 0.05) is 30.4 Å². The van der Waals surface area contributed by atoms with E-state index in [9.17, 15) is 4.79 Å². The molecule has 0 unspecified atom stereocenters. The maximum absolute atomic E-state index is 12.2. The maximum atomic E-state index is 12.2. The summed E-state index contributed by atoms with van der Waals surface area (Å²) in [6.45, 7) is 2.28. The van der Waals surface area contributed by atoms with E-state index in [0.29, 0.717) is 5.11 Å². The van der Waals surface area contributed by atoms with Crippen molar-refractivity contribution in [1.29, 1.82) is 0 Å². The molecule has 5 heteroatoms. The number of rotatable bonds is 3. The van der Waals surface area contributed by atoms with Crippen LogP contribution in [0, 0.1) is 5.92 Å². The third-order valence-corrected chi connectivity index (χ3v) is 5.26. The van der Waals surface area contributed by atoms with Crippen LogP contribution in [0.15, 0.2) is 24.3 Å². The molecule has 1 saturated carbocycles. The minimum Gasteiger partial charge on any atom is -0.372 e. The molecule has 0 radical (unpaired) electrons. The molecule has 1 amide bonds. The molecule has 1 aliphatic heterocycles. The summed E-state index contributed by atoms with van der Waals surface area (Å²) in [5.74, 6) is 0.192. The predicted molar refractivity (Wildman–Crippen MR) is 103 cm³/mol. The fourth-order valence-corrected chi connectivity index (χ4v) is 3.87. The average Bonchev–Trinajstić information content (AvgIpc) is 2.64. The number of hydrogen-bond donors (Lipinski definition) is 2. The van der Waals surface area contributed by atoms with Crippen LogP contribution in [0.4, 0.5) is 11.4 Å². The normalized spacial score (nSPS) is 18.9. The second kappa shape index (κ2) is 8.47. The van der Waals surface area contributed by atoms with E-state index in [1.165, 1.54) is 31.4 Å². The molecule has 1 heterocycles. The highest BCUT2D eigenvalue weighted by molar-refractivity contribution is 7.80. The highest BCUT2D eigenvalue weighted by Crippen LogP contribution is 2.24. The standard InChI is InChI=1S/C19H27N3OS/c23-18(15-7-3-1-4-8-15)21-19(24)20-16-9-11-17(12-10-16)22-13-5-2-6-14-22/h9-12,15H,1-8,13-14H2,(H2,20,21,23,24). The lowest BCUT2D eigenvalue weighted by molar-refractivity contribution is -0.124. The average molecular weight is 346 g/mol. The number of nitrogens with zero attached hydrogens (tertiary/aromatic N) is 1. The Morgan fingerprint density at radius 2 is 1.58 bits per heavy atom. The number of thiocarbonyl (C=S) groups is 1. The summed E-state index contributed by atoms with van der Waals surface area (Å²) in [7, 11) is 0. The summed E-state index contributed by atoms with van der Waals surface area (Å²) < 4.78 is 0. The van der Waals surface area contributed by atoms with Crippen LogP contribution >= 0.6 is 12.2 Å². The van der Waals surface area contributed by atoms with Crippen LogP contribution in [0.2, 0.25) is 0 Å². The zero-order valence-electron chi connectivity index (χ0n) is 14.2. The van der Waals surface area contributed by atoms with Crippen LogP contribution in [-0.2, 0) is 4.79 Å². The van der Waals surface area contributed by atoms with Gasteiger partial charge in [0.15, 0.2) is 5.11 Å². The largest absolute Gasteiger partial charge is 0.372 e. The summed E-state index contributed by atoms with van der Waals surface area (Å²) in [6.07, 6.45) is 9.40. The molecule has 0 aromatic heterocycles. The molecular weight excluding hydrogens is 318 g/mol. The number of nitrogens with one attached hydrogen (secondary N) is 2. The van der Waals surface area contributed by atoms with Gasteiger partial charge < -0.3 is 15.5 Å². The maximum Gasteiger partial charge on any atom is 0.229 e. The van der Waals surface area contributed by atoms with E-state index in [0.717, 1.165) is 44.5 Å². The Morgan fingerprint density at radius 1 is 0.958 bits per heavy atom. The van der Waals surface area contributed by atoms with Gasteiger partial charge in [-0.05, 0) is 68.6 Å². The highest BCUT2D eigenvalue weighted by atomic mass is 32.1. The molecule has 130 valence electrons. The summed E-state index contributed by atoms with van der Waals surface area (Å²) in [4.78, 5) is 14.6. The van der Waals surface area contributed by atoms with Crippen LogP contribution < -0.4 is 15.5 Å². The highest BCUT2D eigenvalue weighted by Gasteiger charge is 2.21. The van der Waals surface area contributed by atoms with Gasteiger partial charge in [-0.15, -0.1) is 0 Å². The van der Waals surface area contributed by atoms with Crippen molar-refractivity contribution < 1.29 is 4.79 Å². The number of carbonyl (C=O) groups excluding carboxylic acids is 1. The van der Waals surface area contributed by atoms with E-state index in [1.54, 1.807) is 0 Å². The summed E-state index contributed by atoms with van der Waals surface area (Å²) >= 11 is 5.29. The van der Waals surface area contributed by atoms with Gasteiger partial charge in [0.05, 0.1) is 0 Å². The first-order valence-electron chi connectivity index (χ1n) is 9.19. The fourth-order valence-electron chi connectivity index (χ4n) is 3.65. The summed E-state index contributed by atoms with van der Waals surface area (Å²) in [6, 6.07) is 8.31. The van der Waals surface area contributed by atoms with Crippen LogP contribution in [0.5, 0.6) is 0 Å². The molecule has 0 spiro atoms. The molecule has 1 aromatic rings. The van der Waals surface area contributed by atoms with E-state index in [-0.39, 0.29) is 11.8 Å². The smallest absolute Gasteiger partial charge is 0.229 e. The van der Waals surface area contributed by atoms with Crippen molar-refractivity contribution in [2.75, 3.05) is 23.3 Å². The molecule has 0 bridgehead atoms.